The van der Waals surface area contributed by atoms with Gasteiger partial charge in [0, 0.05) is 13.0 Å². The normalized spacial score (nSPS) is 12.4. The number of ether oxygens (including phenoxy) is 1. The molecule has 0 radical (unpaired) electrons. The van der Waals surface area contributed by atoms with Crippen molar-refractivity contribution < 1.29 is 19.7 Å². The standard InChI is InChI=1S/C16H33NO4/c1-3-5-7-8-10-14(9-6-4-2)13-21-16(20)17-12-11-15(18)19/h14-15,18-19H,3-13H2,1-2H3,(H,17,20). The maximum absolute atomic E-state index is 11.5. The first-order chi connectivity index (χ1) is 10.1. The number of carbonyl (C=O) groups excluding carboxylic acids is 1. The molecule has 126 valence electrons. The van der Waals surface area contributed by atoms with E-state index in [0.29, 0.717) is 12.5 Å². The van der Waals surface area contributed by atoms with Crippen molar-refractivity contribution >= 4 is 6.09 Å². The second kappa shape index (κ2) is 14.1. The number of hydrogen-bond donors (Lipinski definition) is 3. The van der Waals surface area contributed by atoms with Gasteiger partial charge < -0.3 is 20.3 Å². The summed E-state index contributed by atoms with van der Waals surface area (Å²) in [7, 11) is 0. The highest BCUT2D eigenvalue weighted by atomic mass is 16.5. The van der Waals surface area contributed by atoms with E-state index in [-0.39, 0.29) is 13.0 Å². The van der Waals surface area contributed by atoms with Crippen molar-refractivity contribution in [3.05, 3.63) is 0 Å². The van der Waals surface area contributed by atoms with Crippen molar-refractivity contribution in [1.82, 2.24) is 5.32 Å². The molecule has 0 heterocycles. The van der Waals surface area contributed by atoms with Gasteiger partial charge in [-0.3, -0.25) is 0 Å². The molecule has 1 unspecified atom stereocenters. The van der Waals surface area contributed by atoms with Crippen molar-refractivity contribution in [3.8, 4) is 0 Å². The first-order valence-corrected chi connectivity index (χ1v) is 8.36. The number of amides is 1. The minimum absolute atomic E-state index is 0.116. The fourth-order valence-corrected chi connectivity index (χ4v) is 2.21. The van der Waals surface area contributed by atoms with Crippen molar-refractivity contribution in [2.75, 3.05) is 13.2 Å². The average Bonchev–Trinajstić information content (AvgIpc) is 2.45. The molecule has 0 aliphatic carbocycles. The van der Waals surface area contributed by atoms with Gasteiger partial charge in [-0.05, 0) is 18.8 Å². The Morgan fingerprint density at radius 2 is 1.67 bits per heavy atom. The van der Waals surface area contributed by atoms with Crippen molar-refractivity contribution in [2.45, 2.75) is 77.9 Å². The second-order valence-electron chi connectivity index (χ2n) is 5.65. The van der Waals surface area contributed by atoms with Gasteiger partial charge in [0.05, 0.1) is 6.61 Å². The van der Waals surface area contributed by atoms with Gasteiger partial charge in [-0.2, -0.15) is 0 Å². The molecule has 0 aromatic heterocycles. The summed E-state index contributed by atoms with van der Waals surface area (Å²) in [6, 6.07) is 0. The van der Waals surface area contributed by atoms with E-state index in [9.17, 15) is 4.79 Å². The number of aliphatic hydroxyl groups is 2. The molecule has 0 aromatic rings. The predicted molar refractivity (Wildman–Crippen MR) is 84.0 cm³/mol. The molecule has 1 atom stereocenters. The monoisotopic (exact) mass is 303 g/mol. The Morgan fingerprint density at radius 3 is 2.29 bits per heavy atom. The summed E-state index contributed by atoms with van der Waals surface area (Å²) < 4.78 is 5.23. The van der Waals surface area contributed by atoms with Crippen LogP contribution in [0.4, 0.5) is 4.79 Å². The molecule has 0 spiro atoms. The zero-order valence-corrected chi connectivity index (χ0v) is 13.6. The van der Waals surface area contributed by atoms with Crippen LogP contribution in [0, 0.1) is 5.92 Å². The van der Waals surface area contributed by atoms with Gasteiger partial charge in [0.15, 0.2) is 6.29 Å². The first-order valence-electron chi connectivity index (χ1n) is 8.36. The van der Waals surface area contributed by atoms with E-state index in [1.807, 2.05) is 0 Å². The highest BCUT2D eigenvalue weighted by molar-refractivity contribution is 5.67. The van der Waals surface area contributed by atoms with Crippen molar-refractivity contribution in [1.29, 1.82) is 0 Å². The average molecular weight is 303 g/mol. The van der Waals surface area contributed by atoms with Crippen LogP contribution in [0.2, 0.25) is 0 Å². The third-order valence-corrected chi connectivity index (χ3v) is 3.55. The molecule has 0 saturated heterocycles. The zero-order chi connectivity index (χ0) is 15.9. The van der Waals surface area contributed by atoms with Gasteiger partial charge in [0.25, 0.3) is 0 Å². The maximum Gasteiger partial charge on any atom is 0.407 e. The molecule has 5 nitrogen and oxygen atoms in total. The minimum Gasteiger partial charge on any atom is -0.449 e. The van der Waals surface area contributed by atoms with Crippen LogP contribution in [0.5, 0.6) is 0 Å². The third-order valence-electron chi connectivity index (χ3n) is 3.55. The van der Waals surface area contributed by atoms with E-state index in [2.05, 4.69) is 19.2 Å². The van der Waals surface area contributed by atoms with Crippen LogP contribution in [0.25, 0.3) is 0 Å². The Labute approximate surface area is 129 Å². The number of alkyl carbamates (subject to hydrolysis) is 1. The Morgan fingerprint density at radius 1 is 1.00 bits per heavy atom. The number of rotatable bonds is 13. The van der Waals surface area contributed by atoms with Crippen LogP contribution in [0.1, 0.15) is 71.6 Å². The Kier molecular flexibility index (Phi) is 13.6. The highest BCUT2D eigenvalue weighted by Crippen LogP contribution is 2.17. The summed E-state index contributed by atoms with van der Waals surface area (Å²) in [5, 5.41) is 19.9. The topological polar surface area (TPSA) is 78.8 Å². The number of aliphatic hydroxyl groups excluding tert-OH is 1. The smallest absolute Gasteiger partial charge is 0.407 e. The van der Waals surface area contributed by atoms with E-state index in [1.165, 1.54) is 32.1 Å². The highest BCUT2D eigenvalue weighted by Gasteiger charge is 2.11. The van der Waals surface area contributed by atoms with E-state index in [1.54, 1.807) is 0 Å². The summed E-state index contributed by atoms with van der Waals surface area (Å²) in [5.74, 6) is 0.441. The van der Waals surface area contributed by atoms with E-state index in [0.717, 1.165) is 19.3 Å². The molecule has 0 bridgehead atoms. The van der Waals surface area contributed by atoms with E-state index < -0.39 is 12.4 Å². The van der Waals surface area contributed by atoms with Crippen molar-refractivity contribution in [3.63, 3.8) is 0 Å². The molecule has 0 aromatic carbocycles. The summed E-state index contributed by atoms with van der Waals surface area (Å²) >= 11 is 0. The van der Waals surface area contributed by atoms with Crippen LogP contribution in [0.3, 0.4) is 0 Å². The molecule has 0 saturated carbocycles. The van der Waals surface area contributed by atoms with Crippen LogP contribution in [-0.2, 0) is 4.74 Å². The SMILES string of the molecule is CCCCCCC(CCCC)COC(=O)NCCC(O)O. The zero-order valence-electron chi connectivity index (χ0n) is 13.6. The molecule has 1 amide bonds. The van der Waals surface area contributed by atoms with Gasteiger partial charge in [0.2, 0.25) is 0 Å². The van der Waals surface area contributed by atoms with Crippen molar-refractivity contribution in [2.24, 2.45) is 5.92 Å². The Hall–Kier alpha value is -0.810. The second-order valence-corrected chi connectivity index (χ2v) is 5.65. The lowest BCUT2D eigenvalue weighted by Crippen LogP contribution is -2.29. The molecule has 0 aliphatic rings. The lowest BCUT2D eigenvalue weighted by Gasteiger charge is -2.17. The van der Waals surface area contributed by atoms with Crippen LogP contribution >= 0.6 is 0 Å². The number of nitrogens with one attached hydrogen (secondary N) is 1. The van der Waals surface area contributed by atoms with Crippen LogP contribution < -0.4 is 5.32 Å². The van der Waals surface area contributed by atoms with Crippen LogP contribution in [0.15, 0.2) is 0 Å². The molecule has 0 aliphatic heterocycles. The van der Waals surface area contributed by atoms with Gasteiger partial charge in [-0.1, -0.05) is 52.4 Å². The molecule has 3 N–H and O–H groups in total. The molecular weight excluding hydrogens is 270 g/mol. The Balaban J connectivity index is 3.83. The first kappa shape index (κ1) is 20.2. The molecule has 21 heavy (non-hydrogen) atoms. The lowest BCUT2D eigenvalue weighted by molar-refractivity contribution is -0.0442. The molecular formula is C16H33NO4. The number of hydrogen-bond acceptors (Lipinski definition) is 4. The largest absolute Gasteiger partial charge is 0.449 e. The maximum atomic E-state index is 11.5. The summed E-state index contributed by atoms with van der Waals surface area (Å²) in [5.41, 5.74) is 0. The molecule has 5 heteroatoms. The van der Waals surface area contributed by atoms with E-state index in [4.69, 9.17) is 14.9 Å². The van der Waals surface area contributed by atoms with Gasteiger partial charge >= 0.3 is 6.09 Å². The van der Waals surface area contributed by atoms with Gasteiger partial charge in [-0.25, -0.2) is 4.79 Å². The fraction of sp³-hybridized carbons (Fsp3) is 0.938. The fourth-order valence-electron chi connectivity index (χ4n) is 2.21. The summed E-state index contributed by atoms with van der Waals surface area (Å²) in [6.07, 6.45) is 7.75. The predicted octanol–water partition coefficient (Wildman–Crippen LogP) is 3.19. The quantitative estimate of drug-likeness (QED) is 0.361. The molecule has 0 rings (SSSR count). The lowest BCUT2D eigenvalue weighted by atomic mass is 9.96. The Bertz CT molecular complexity index is 246. The number of carbonyl (C=O) groups is 1. The minimum atomic E-state index is -1.39. The molecule has 0 fully saturated rings. The van der Waals surface area contributed by atoms with Gasteiger partial charge in [-0.15, -0.1) is 0 Å². The van der Waals surface area contributed by atoms with Crippen LogP contribution in [-0.4, -0.2) is 35.7 Å². The summed E-state index contributed by atoms with van der Waals surface area (Å²) in [6.45, 7) is 5.04. The van der Waals surface area contributed by atoms with E-state index >= 15 is 0 Å². The summed E-state index contributed by atoms with van der Waals surface area (Å²) in [4.78, 5) is 11.5. The van der Waals surface area contributed by atoms with Gasteiger partial charge in [0.1, 0.15) is 0 Å². The number of unbranched alkanes of at least 4 members (excludes halogenated alkanes) is 4. The third kappa shape index (κ3) is 13.9.